The molecule has 0 heteroatoms. The maximum atomic E-state index is 4.43. The van der Waals surface area contributed by atoms with E-state index in [0.717, 1.165) is 5.92 Å². The van der Waals surface area contributed by atoms with E-state index in [1.54, 1.807) is 0 Å². The molecule has 199 valence electrons. The summed E-state index contributed by atoms with van der Waals surface area (Å²) in [4.78, 5) is 0. The number of hydrogen-bond donors (Lipinski definition) is 0. The zero-order valence-corrected chi connectivity index (χ0v) is 23.8. The summed E-state index contributed by atoms with van der Waals surface area (Å²) < 4.78 is 0. The summed E-state index contributed by atoms with van der Waals surface area (Å²) >= 11 is 0. The number of rotatable bonds is 29. The molecule has 0 spiro atoms. The average molecular weight is 464 g/mol. The summed E-state index contributed by atoms with van der Waals surface area (Å²) in [7, 11) is 0. The Balaban J connectivity index is 3.13. The van der Waals surface area contributed by atoms with Crippen molar-refractivity contribution in [1.29, 1.82) is 0 Å². The first-order chi connectivity index (χ1) is 16.3. The molecule has 1 atom stereocenters. The molecule has 0 N–H and O–H groups in total. The van der Waals surface area contributed by atoms with Crippen molar-refractivity contribution in [2.75, 3.05) is 0 Å². The minimum Gasteiger partial charge on any atom is -0.0654 e. The zero-order chi connectivity index (χ0) is 24.1. The summed E-state index contributed by atoms with van der Waals surface area (Å²) in [5, 5.41) is 0. The Morgan fingerprint density at radius 1 is 0.303 bits per heavy atom. The molecule has 0 saturated heterocycles. The van der Waals surface area contributed by atoms with Gasteiger partial charge in [-0.3, -0.25) is 0 Å². The third-order valence-corrected chi connectivity index (χ3v) is 7.68. The molecule has 0 nitrogen and oxygen atoms in total. The van der Waals surface area contributed by atoms with Gasteiger partial charge in [0.15, 0.2) is 0 Å². The molecule has 0 fully saturated rings. The monoisotopic (exact) mass is 464 g/mol. The molecule has 0 aliphatic rings. The molecule has 0 rings (SSSR count). The van der Waals surface area contributed by atoms with Crippen LogP contribution in [0.1, 0.15) is 200 Å². The van der Waals surface area contributed by atoms with Gasteiger partial charge in [-0.25, -0.2) is 0 Å². The molecule has 0 aromatic rings. The summed E-state index contributed by atoms with van der Waals surface area (Å²) in [6, 6.07) is 0. The number of unbranched alkanes of at least 4 members (excludes halogenated alkanes) is 25. The van der Waals surface area contributed by atoms with Crippen LogP contribution in [0.15, 0.2) is 0 Å². The molecule has 0 saturated carbocycles. The predicted octanol–water partition coefficient (Wildman–Crippen LogP) is 12.8. The molecule has 1 radical (unpaired) electrons. The van der Waals surface area contributed by atoms with E-state index in [-0.39, 0.29) is 0 Å². The van der Waals surface area contributed by atoms with Crippen LogP contribution in [0.3, 0.4) is 0 Å². The van der Waals surface area contributed by atoms with Gasteiger partial charge in [0, 0.05) is 0 Å². The molecule has 0 aromatic heterocycles. The van der Waals surface area contributed by atoms with Crippen LogP contribution in [-0.2, 0) is 0 Å². The highest BCUT2D eigenvalue weighted by Gasteiger charge is 2.02. The molecule has 0 bridgehead atoms. The molecule has 0 aliphatic heterocycles. The first kappa shape index (κ1) is 33.0. The highest BCUT2D eigenvalue weighted by Crippen LogP contribution is 2.19. The maximum Gasteiger partial charge on any atom is -0.0414 e. The fourth-order valence-electron chi connectivity index (χ4n) is 5.22. The van der Waals surface area contributed by atoms with Crippen LogP contribution in [0.5, 0.6) is 0 Å². The number of hydrogen-bond acceptors (Lipinski definition) is 0. The zero-order valence-electron chi connectivity index (χ0n) is 23.8. The Morgan fingerprint density at radius 2 is 0.485 bits per heavy atom. The van der Waals surface area contributed by atoms with Crippen LogP contribution >= 0.6 is 0 Å². The van der Waals surface area contributed by atoms with E-state index >= 15 is 0 Å². The first-order valence-corrected chi connectivity index (χ1v) is 16.1. The lowest BCUT2D eigenvalue weighted by Crippen LogP contribution is -1.95. The van der Waals surface area contributed by atoms with E-state index in [9.17, 15) is 0 Å². The molecule has 0 aliphatic carbocycles. The Labute approximate surface area is 212 Å². The fraction of sp³-hybridized carbons (Fsp3) is 0.970. The van der Waals surface area contributed by atoms with Crippen molar-refractivity contribution in [2.45, 2.75) is 200 Å². The van der Waals surface area contributed by atoms with Crippen LogP contribution in [0.2, 0.25) is 0 Å². The van der Waals surface area contributed by atoms with Crippen molar-refractivity contribution in [3.05, 3.63) is 6.92 Å². The maximum absolute atomic E-state index is 4.43. The second-order valence-corrected chi connectivity index (χ2v) is 11.3. The van der Waals surface area contributed by atoms with Crippen LogP contribution in [0, 0.1) is 12.8 Å². The van der Waals surface area contributed by atoms with E-state index in [1.807, 2.05) is 0 Å². The summed E-state index contributed by atoms with van der Waals surface area (Å²) in [6.45, 7) is 9.04. The van der Waals surface area contributed by atoms with Crippen LogP contribution < -0.4 is 0 Å². The van der Waals surface area contributed by atoms with Gasteiger partial charge in [0.25, 0.3) is 0 Å². The third-order valence-electron chi connectivity index (χ3n) is 7.68. The van der Waals surface area contributed by atoms with E-state index in [2.05, 4.69) is 20.8 Å². The second kappa shape index (κ2) is 30.0. The van der Waals surface area contributed by atoms with Crippen molar-refractivity contribution in [3.8, 4) is 0 Å². The summed E-state index contributed by atoms with van der Waals surface area (Å²) in [5.41, 5.74) is 0. The standard InChI is InChI=1S/C33H67/c1-4-6-8-10-12-14-16-18-20-22-24-26-28-30-32-33(3)31-29-27-25-23-21-19-17-15-13-11-9-7-5-2/h33H,3-32H2,1-2H3. The van der Waals surface area contributed by atoms with Gasteiger partial charge in [0.05, 0.1) is 0 Å². The van der Waals surface area contributed by atoms with Crippen LogP contribution in [-0.4, -0.2) is 0 Å². The van der Waals surface area contributed by atoms with Gasteiger partial charge in [-0.15, -0.1) is 0 Å². The second-order valence-electron chi connectivity index (χ2n) is 11.3. The SMILES string of the molecule is [CH2]C(CCCCCCCCCCCCCCC)CCCCCCCCCCCCCCCC. The van der Waals surface area contributed by atoms with Crippen LogP contribution in [0.25, 0.3) is 0 Å². The summed E-state index contributed by atoms with van der Waals surface area (Å²) in [5.74, 6) is 0.718. The van der Waals surface area contributed by atoms with Crippen molar-refractivity contribution in [2.24, 2.45) is 5.92 Å². The Kier molecular flexibility index (Phi) is 30.0. The lowest BCUT2D eigenvalue weighted by molar-refractivity contribution is 0.459. The molecule has 0 aromatic carbocycles. The molecular formula is C33H67. The molecule has 0 amide bonds. The fourth-order valence-corrected chi connectivity index (χ4v) is 5.22. The van der Waals surface area contributed by atoms with Crippen LogP contribution in [0.4, 0.5) is 0 Å². The Hall–Kier alpha value is 0. The van der Waals surface area contributed by atoms with Gasteiger partial charge >= 0.3 is 0 Å². The highest BCUT2D eigenvalue weighted by molar-refractivity contribution is 4.62. The van der Waals surface area contributed by atoms with Crippen molar-refractivity contribution in [1.82, 2.24) is 0 Å². The Morgan fingerprint density at radius 3 is 0.697 bits per heavy atom. The first-order valence-electron chi connectivity index (χ1n) is 16.1. The normalized spacial score (nSPS) is 12.5. The smallest absolute Gasteiger partial charge is 0.0414 e. The van der Waals surface area contributed by atoms with Crippen molar-refractivity contribution >= 4 is 0 Å². The van der Waals surface area contributed by atoms with Crippen molar-refractivity contribution in [3.63, 3.8) is 0 Å². The van der Waals surface area contributed by atoms with E-state index in [0.29, 0.717) is 0 Å². The largest absolute Gasteiger partial charge is 0.0654 e. The summed E-state index contributed by atoms with van der Waals surface area (Å²) in [6.07, 6.45) is 42.1. The lowest BCUT2D eigenvalue weighted by Gasteiger charge is -2.11. The molecule has 1 unspecified atom stereocenters. The average Bonchev–Trinajstić information content (AvgIpc) is 2.82. The molecule has 0 heterocycles. The lowest BCUT2D eigenvalue weighted by atomic mass is 9.95. The molecule has 33 heavy (non-hydrogen) atoms. The van der Waals surface area contributed by atoms with Gasteiger partial charge in [-0.05, 0) is 5.92 Å². The van der Waals surface area contributed by atoms with E-state index in [4.69, 9.17) is 0 Å². The highest BCUT2D eigenvalue weighted by atomic mass is 14.1. The predicted molar refractivity (Wildman–Crippen MR) is 154 cm³/mol. The van der Waals surface area contributed by atoms with Gasteiger partial charge in [-0.2, -0.15) is 0 Å². The Bertz CT molecular complexity index is 320. The van der Waals surface area contributed by atoms with Crippen molar-refractivity contribution < 1.29 is 0 Å². The molecular weight excluding hydrogens is 396 g/mol. The quantitative estimate of drug-likeness (QED) is 0.0967. The third kappa shape index (κ3) is 30.0. The topological polar surface area (TPSA) is 0 Å². The van der Waals surface area contributed by atoms with Gasteiger partial charge in [-0.1, -0.05) is 207 Å². The van der Waals surface area contributed by atoms with E-state index < -0.39 is 0 Å². The minimum atomic E-state index is 0.718. The van der Waals surface area contributed by atoms with Gasteiger partial charge < -0.3 is 0 Å². The van der Waals surface area contributed by atoms with Gasteiger partial charge in [0.1, 0.15) is 0 Å². The van der Waals surface area contributed by atoms with E-state index in [1.165, 1.54) is 186 Å². The van der Waals surface area contributed by atoms with Gasteiger partial charge in [0.2, 0.25) is 0 Å². The minimum absolute atomic E-state index is 0.718.